The lowest BCUT2D eigenvalue weighted by atomic mass is 10.1. The lowest BCUT2D eigenvalue weighted by molar-refractivity contribution is -0.150. The predicted molar refractivity (Wildman–Crippen MR) is 49.8 cm³/mol. The van der Waals surface area contributed by atoms with E-state index in [1.165, 1.54) is 12.1 Å². The summed E-state index contributed by atoms with van der Waals surface area (Å²) in [5.41, 5.74) is 0.144. The normalized spacial score (nSPS) is 12.2. The lowest BCUT2D eigenvalue weighted by Gasteiger charge is -2.08. The molecule has 0 fully saturated rings. The molecule has 5 heteroatoms. The molecule has 0 spiro atoms. The Labute approximate surface area is 85.9 Å². The minimum Gasteiger partial charge on any atom is -0.508 e. The molecule has 0 aliphatic heterocycles. The topological polar surface area (TPSA) is 66.8 Å². The van der Waals surface area contributed by atoms with Crippen molar-refractivity contribution in [3.05, 3.63) is 29.6 Å². The van der Waals surface area contributed by atoms with Crippen molar-refractivity contribution < 1.29 is 24.1 Å². The maximum Gasteiger partial charge on any atom is 0.335 e. The summed E-state index contributed by atoms with van der Waals surface area (Å²) in [5, 5.41) is 18.2. The van der Waals surface area contributed by atoms with E-state index in [0.717, 1.165) is 13.2 Å². The van der Waals surface area contributed by atoms with Gasteiger partial charge < -0.3 is 14.9 Å². The molecule has 15 heavy (non-hydrogen) atoms. The van der Waals surface area contributed by atoms with Crippen LogP contribution in [0.4, 0.5) is 4.39 Å². The maximum absolute atomic E-state index is 13.2. The molecule has 0 saturated carbocycles. The molecule has 1 aromatic rings. The van der Waals surface area contributed by atoms with Crippen LogP contribution >= 0.6 is 0 Å². The van der Waals surface area contributed by atoms with Crippen molar-refractivity contribution in [3.8, 4) is 5.75 Å². The van der Waals surface area contributed by atoms with Crippen molar-refractivity contribution in [2.24, 2.45) is 0 Å². The molecule has 2 N–H and O–H groups in total. The molecule has 0 bridgehead atoms. The predicted octanol–water partition coefficient (Wildman–Crippen LogP) is 0.608. The van der Waals surface area contributed by atoms with E-state index in [1.807, 2.05) is 0 Å². The zero-order valence-corrected chi connectivity index (χ0v) is 8.11. The van der Waals surface area contributed by atoms with Crippen LogP contribution in [-0.4, -0.2) is 29.4 Å². The lowest BCUT2D eigenvalue weighted by Crippen LogP contribution is -2.24. The fourth-order valence-corrected chi connectivity index (χ4v) is 1.13. The van der Waals surface area contributed by atoms with Crippen LogP contribution in [0.1, 0.15) is 5.56 Å². The molecule has 4 nitrogen and oxygen atoms in total. The Morgan fingerprint density at radius 2 is 2.27 bits per heavy atom. The van der Waals surface area contributed by atoms with E-state index < -0.39 is 17.9 Å². The summed E-state index contributed by atoms with van der Waals surface area (Å²) in [5.74, 6) is -1.69. The van der Waals surface area contributed by atoms with Gasteiger partial charge in [0, 0.05) is 12.5 Å². The Morgan fingerprint density at radius 3 is 2.80 bits per heavy atom. The number of methoxy groups -OCH3 is 1. The van der Waals surface area contributed by atoms with Gasteiger partial charge in [-0.1, -0.05) is 6.07 Å². The summed E-state index contributed by atoms with van der Waals surface area (Å²) in [4.78, 5) is 10.9. The molecule has 1 unspecified atom stereocenters. The van der Waals surface area contributed by atoms with E-state index in [4.69, 9.17) is 5.11 Å². The Hall–Kier alpha value is -1.62. The minimum absolute atomic E-state index is 0.144. The third kappa shape index (κ3) is 2.92. The monoisotopic (exact) mass is 214 g/mol. The summed E-state index contributed by atoms with van der Waals surface area (Å²) >= 11 is 0. The number of esters is 1. The van der Waals surface area contributed by atoms with Gasteiger partial charge in [0.05, 0.1) is 7.11 Å². The highest BCUT2D eigenvalue weighted by Gasteiger charge is 2.17. The zero-order chi connectivity index (χ0) is 11.4. The number of phenolic OH excluding ortho intramolecular Hbond substituents is 1. The van der Waals surface area contributed by atoms with Crippen LogP contribution in [-0.2, 0) is 16.0 Å². The fourth-order valence-electron chi connectivity index (χ4n) is 1.13. The molecular formula is C10H11FO4. The minimum atomic E-state index is -1.39. The van der Waals surface area contributed by atoms with Crippen molar-refractivity contribution in [2.75, 3.05) is 7.11 Å². The number of carbonyl (C=O) groups excluding carboxylic acids is 1. The van der Waals surface area contributed by atoms with E-state index in [2.05, 4.69) is 4.74 Å². The largest absolute Gasteiger partial charge is 0.508 e. The number of rotatable bonds is 3. The van der Waals surface area contributed by atoms with Gasteiger partial charge in [0.1, 0.15) is 11.6 Å². The van der Waals surface area contributed by atoms with E-state index >= 15 is 0 Å². The van der Waals surface area contributed by atoms with Gasteiger partial charge in [-0.3, -0.25) is 0 Å². The highest BCUT2D eigenvalue weighted by molar-refractivity contribution is 5.74. The number of benzene rings is 1. The molecule has 0 radical (unpaired) electrons. The molecule has 0 heterocycles. The second-order valence-electron chi connectivity index (χ2n) is 3.02. The molecule has 0 amide bonds. The zero-order valence-electron chi connectivity index (χ0n) is 8.11. The number of carbonyl (C=O) groups is 1. The summed E-state index contributed by atoms with van der Waals surface area (Å²) in [6, 6.07) is 3.50. The third-order valence-electron chi connectivity index (χ3n) is 1.92. The quantitative estimate of drug-likeness (QED) is 0.723. The Balaban J connectivity index is 2.76. The van der Waals surface area contributed by atoms with Crippen molar-refractivity contribution in [1.29, 1.82) is 0 Å². The summed E-state index contributed by atoms with van der Waals surface area (Å²) in [7, 11) is 1.14. The maximum atomic E-state index is 13.2. The molecule has 0 aromatic heterocycles. The first-order valence-corrected chi connectivity index (χ1v) is 4.28. The van der Waals surface area contributed by atoms with Crippen LogP contribution in [0.2, 0.25) is 0 Å². The number of aliphatic hydroxyl groups excluding tert-OH is 1. The van der Waals surface area contributed by atoms with Crippen molar-refractivity contribution in [1.82, 2.24) is 0 Å². The highest BCUT2D eigenvalue weighted by atomic mass is 19.1. The van der Waals surface area contributed by atoms with Crippen LogP contribution in [0.3, 0.4) is 0 Å². The SMILES string of the molecule is COC(=O)C(O)Cc1ccc(O)cc1F. The molecule has 1 aromatic carbocycles. The number of hydrogen-bond donors (Lipinski definition) is 2. The highest BCUT2D eigenvalue weighted by Crippen LogP contribution is 2.16. The second-order valence-corrected chi connectivity index (χ2v) is 3.02. The van der Waals surface area contributed by atoms with Crippen LogP contribution in [0.5, 0.6) is 5.75 Å². The average Bonchev–Trinajstić information content (AvgIpc) is 2.20. The van der Waals surface area contributed by atoms with Gasteiger partial charge in [-0.2, -0.15) is 0 Å². The number of phenols is 1. The molecular weight excluding hydrogens is 203 g/mol. The molecule has 82 valence electrons. The van der Waals surface area contributed by atoms with Gasteiger partial charge in [0.25, 0.3) is 0 Å². The molecule has 0 aliphatic rings. The van der Waals surface area contributed by atoms with E-state index in [1.54, 1.807) is 0 Å². The first-order valence-electron chi connectivity index (χ1n) is 4.28. The van der Waals surface area contributed by atoms with Crippen LogP contribution < -0.4 is 0 Å². The van der Waals surface area contributed by atoms with Crippen LogP contribution in [0.25, 0.3) is 0 Å². The number of aliphatic hydroxyl groups is 1. The second kappa shape index (κ2) is 4.75. The first kappa shape index (κ1) is 11.5. The summed E-state index contributed by atoms with van der Waals surface area (Å²) in [6.45, 7) is 0. The van der Waals surface area contributed by atoms with E-state index in [9.17, 15) is 14.3 Å². The number of halogens is 1. The van der Waals surface area contributed by atoms with Gasteiger partial charge in [-0.15, -0.1) is 0 Å². The average molecular weight is 214 g/mol. The number of aromatic hydroxyl groups is 1. The molecule has 0 aliphatic carbocycles. The Kier molecular flexibility index (Phi) is 3.62. The van der Waals surface area contributed by atoms with Gasteiger partial charge in [0.2, 0.25) is 0 Å². The first-order chi connectivity index (χ1) is 7.04. The Bertz CT molecular complexity index is 364. The standard InChI is InChI=1S/C10H11FO4/c1-15-10(14)9(13)4-6-2-3-7(12)5-8(6)11/h2-3,5,9,12-13H,4H2,1H3. The van der Waals surface area contributed by atoms with Gasteiger partial charge >= 0.3 is 5.97 Å². The molecule has 0 saturated heterocycles. The van der Waals surface area contributed by atoms with Gasteiger partial charge in [-0.05, 0) is 11.6 Å². The Morgan fingerprint density at radius 1 is 1.60 bits per heavy atom. The summed E-state index contributed by atoms with van der Waals surface area (Å²) in [6.07, 6.45) is -1.58. The third-order valence-corrected chi connectivity index (χ3v) is 1.92. The number of ether oxygens (including phenoxy) is 1. The fraction of sp³-hybridized carbons (Fsp3) is 0.300. The molecule has 1 atom stereocenters. The van der Waals surface area contributed by atoms with Crippen molar-refractivity contribution in [3.63, 3.8) is 0 Å². The van der Waals surface area contributed by atoms with Crippen molar-refractivity contribution in [2.45, 2.75) is 12.5 Å². The smallest absolute Gasteiger partial charge is 0.335 e. The summed E-state index contributed by atoms with van der Waals surface area (Å²) < 4.78 is 17.4. The van der Waals surface area contributed by atoms with E-state index in [-0.39, 0.29) is 17.7 Å². The van der Waals surface area contributed by atoms with Crippen molar-refractivity contribution >= 4 is 5.97 Å². The number of hydrogen-bond acceptors (Lipinski definition) is 4. The van der Waals surface area contributed by atoms with Crippen LogP contribution in [0, 0.1) is 5.82 Å². The molecule has 1 rings (SSSR count). The van der Waals surface area contributed by atoms with Gasteiger partial charge in [0.15, 0.2) is 6.10 Å². The van der Waals surface area contributed by atoms with Crippen LogP contribution in [0.15, 0.2) is 18.2 Å². The van der Waals surface area contributed by atoms with E-state index in [0.29, 0.717) is 0 Å². The van der Waals surface area contributed by atoms with Gasteiger partial charge in [-0.25, -0.2) is 9.18 Å².